The summed E-state index contributed by atoms with van der Waals surface area (Å²) >= 11 is 0. The van der Waals surface area contributed by atoms with Crippen LogP contribution in [0, 0.1) is 5.92 Å². The molecule has 0 saturated heterocycles. The van der Waals surface area contributed by atoms with Gasteiger partial charge >= 0.3 is 5.97 Å². The molecule has 5 nitrogen and oxygen atoms in total. The van der Waals surface area contributed by atoms with Crippen molar-refractivity contribution in [3.63, 3.8) is 0 Å². The second-order valence-electron chi connectivity index (χ2n) is 5.27. The number of carbonyl (C=O) groups is 1. The number of aliphatic carboxylic acids is 1. The largest absolute Gasteiger partial charge is 0.493 e. The molecular formula is C16H25NO4. The Morgan fingerprint density at radius 2 is 2.05 bits per heavy atom. The molecule has 2 N–H and O–H groups in total. The van der Waals surface area contributed by atoms with Gasteiger partial charge in [0.15, 0.2) is 11.5 Å². The number of carboxylic acids is 1. The molecule has 0 spiro atoms. The van der Waals surface area contributed by atoms with Gasteiger partial charge in [0.05, 0.1) is 13.7 Å². The van der Waals surface area contributed by atoms with Gasteiger partial charge in [0.2, 0.25) is 0 Å². The first-order chi connectivity index (χ1) is 9.99. The summed E-state index contributed by atoms with van der Waals surface area (Å²) in [6.07, 6.45) is 0.932. The Morgan fingerprint density at radius 1 is 1.33 bits per heavy atom. The average Bonchev–Trinajstić information content (AvgIpc) is 2.45. The lowest BCUT2D eigenvalue weighted by atomic mass is 10.0. The number of rotatable bonds is 9. The maximum atomic E-state index is 11.2. The first kappa shape index (κ1) is 17.3. The van der Waals surface area contributed by atoms with Gasteiger partial charge in [-0.3, -0.25) is 4.79 Å². The zero-order valence-electron chi connectivity index (χ0n) is 13.2. The minimum atomic E-state index is -0.833. The van der Waals surface area contributed by atoms with Crippen LogP contribution in [0.3, 0.4) is 0 Å². The lowest BCUT2D eigenvalue weighted by Gasteiger charge is -2.18. The van der Waals surface area contributed by atoms with Crippen LogP contribution >= 0.6 is 0 Å². The zero-order chi connectivity index (χ0) is 15.8. The second kappa shape index (κ2) is 8.52. The highest BCUT2D eigenvalue weighted by molar-refractivity contribution is 5.73. The van der Waals surface area contributed by atoms with Gasteiger partial charge in [-0.15, -0.1) is 0 Å². The van der Waals surface area contributed by atoms with Crippen LogP contribution in [0.1, 0.15) is 32.8 Å². The number of hydrogen-bond donors (Lipinski definition) is 2. The maximum Gasteiger partial charge on any atom is 0.320 e. The highest BCUT2D eigenvalue weighted by atomic mass is 16.5. The van der Waals surface area contributed by atoms with Gasteiger partial charge in [0.25, 0.3) is 0 Å². The number of ether oxygens (including phenoxy) is 2. The first-order valence-electron chi connectivity index (χ1n) is 7.25. The molecule has 0 amide bonds. The van der Waals surface area contributed by atoms with Crippen molar-refractivity contribution in [2.45, 2.75) is 39.8 Å². The molecule has 0 unspecified atom stereocenters. The molecular weight excluding hydrogens is 270 g/mol. The number of hydrogen-bond acceptors (Lipinski definition) is 4. The Bertz CT molecular complexity index is 460. The smallest absolute Gasteiger partial charge is 0.320 e. The second-order valence-corrected chi connectivity index (χ2v) is 5.27. The fourth-order valence-electron chi connectivity index (χ4n) is 1.99. The Hall–Kier alpha value is -1.75. The molecule has 0 fully saturated rings. The van der Waals surface area contributed by atoms with E-state index in [1.807, 2.05) is 39.0 Å². The summed E-state index contributed by atoms with van der Waals surface area (Å²) in [6.45, 7) is 6.92. The van der Waals surface area contributed by atoms with Gasteiger partial charge in [-0.2, -0.15) is 0 Å². The van der Waals surface area contributed by atoms with Gasteiger partial charge in [-0.25, -0.2) is 0 Å². The zero-order valence-corrected chi connectivity index (χ0v) is 13.2. The Balaban J connectivity index is 2.73. The molecule has 0 aliphatic heterocycles. The summed E-state index contributed by atoms with van der Waals surface area (Å²) in [5.41, 5.74) is 0.961. The van der Waals surface area contributed by atoms with E-state index in [-0.39, 0.29) is 5.92 Å². The molecule has 118 valence electrons. The SMILES string of the molecule is CCCOc1ccc(CN[C@@H](C(=O)O)C(C)C)cc1OC. The minimum absolute atomic E-state index is 0.0246. The highest BCUT2D eigenvalue weighted by Gasteiger charge is 2.20. The lowest BCUT2D eigenvalue weighted by Crippen LogP contribution is -2.40. The molecule has 1 atom stereocenters. The number of benzene rings is 1. The predicted octanol–water partition coefficient (Wildman–Crippen LogP) is 2.68. The van der Waals surface area contributed by atoms with Crippen molar-refractivity contribution in [2.75, 3.05) is 13.7 Å². The molecule has 0 aliphatic carbocycles. The van der Waals surface area contributed by atoms with Gasteiger partial charge in [0.1, 0.15) is 6.04 Å². The molecule has 0 saturated carbocycles. The topological polar surface area (TPSA) is 67.8 Å². The normalized spacial score (nSPS) is 12.2. The van der Waals surface area contributed by atoms with Crippen LogP contribution in [-0.4, -0.2) is 30.8 Å². The van der Waals surface area contributed by atoms with Crippen molar-refractivity contribution in [1.29, 1.82) is 0 Å². The van der Waals surface area contributed by atoms with Gasteiger partial charge in [0, 0.05) is 6.54 Å². The van der Waals surface area contributed by atoms with E-state index in [4.69, 9.17) is 14.6 Å². The summed E-state index contributed by atoms with van der Waals surface area (Å²) in [5.74, 6) is 0.567. The van der Waals surface area contributed by atoms with E-state index in [1.54, 1.807) is 7.11 Å². The number of carboxylic acid groups (broad SMARTS) is 1. The van der Waals surface area contributed by atoms with Gasteiger partial charge < -0.3 is 19.9 Å². The minimum Gasteiger partial charge on any atom is -0.493 e. The standard InChI is InChI=1S/C16H25NO4/c1-5-8-21-13-7-6-12(9-14(13)20-4)10-17-15(11(2)3)16(18)19/h6-7,9,11,15,17H,5,8,10H2,1-4H3,(H,18,19)/t15-/m1/s1. The van der Waals surface area contributed by atoms with Crippen LogP contribution in [0.5, 0.6) is 11.5 Å². The fourth-order valence-corrected chi connectivity index (χ4v) is 1.99. The third kappa shape index (κ3) is 5.27. The molecule has 21 heavy (non-hydrogen) atoms. The van der Waals surface area contributed by atoms with E-state index in [2.05, 4.69) is 5.32 Å². The molecule has 5 heteroatoms. The average molecular weight is 295 g/mol. The summed E-state index contributed by atoms with van der Waals surface area (Å²) in [5, 5.41) is 12.2. The Kier molecular flexibility index (Phi) is 7.02. The van der Waals surface area contributed by atoms with Crippen LogP contribution in [0.15, 0.2) is 18.2 Å². The van der Waals surface area contributed by atoms with Crippen LogP contribution < -0.4 is 14.8 Å². The van der Waals surface area contributed by atoms with E-state index in [1.165, 1.54) is 0 Å². The predicted molar refractivity (Wildman–Crippen MR) is 81.9 cm³/mol. The van der Waals surface area contributed by atoms with Crippen molar-refractivity contribution >= 4 is 5.97 Å². The molecule has 0 heterocycles. The van der Waals surface area contributed by atoms with Crippen LogP contribution in [-0.2, 0) is 11.3 Å². The quantitative estimate of drug-likeness (QED) is 0.733. The molecule has 0 aliphatic rings. The van der Waals surface area contributed by atoms with Crippen molar-refractivity contribution in [2.24, 2.45) is 5.92 Å². The van der Waals surface area contributed by atoms with E-state index in [9.17, 15) is 4.79 Å². The summed E-state index contributed by atoms with van der Waals surface area (Å²) < 4.78 is 10.9. The Labute approximate surface area is 126 Å². The maximum absolute atomic E-state index is 11.2. The first-order valence-corrected chi connectivity index (χ1v) is 7.25. The summed E-state index contributed by atoms with van der Waals surface area (Å²) in [4.78, 5) is 11.2. The van der Waals surface area contributed by atoms with Crippen molar-refractivity contribution in [3.8, 4) is 11.5 Å². The molecule has 1 aromatic carbocycles. The van der Waals surface area contributed by atoms with E-state index >= 15 is 0 Å². The summed E-state index contributed by atoms with van der Waals surface area (Å²) in [6, 6.07) is 5.08. The number of methoxy groups -OCH3 is 1. The van der Waals surface area contributed by atoms with Crippen molar-refractivity contribution in [1.82, 2.24) is 5.32 Å². The third-order valence-corrected chi connectivity index (χ3v) is 3.15. The third-order valence-electron chi connectivity index (χ3n) is 3.15. The van der Waals surface area contributed by atoms with E-state index in [0.717, 1.165) is 12.0 Å². The molecule has 1 aromatic rings. The lowest BCUT2D eigenvalue weighted by molar-refractivity contribution is -0.140. The van der Waals surface area contributed by atoms with E-state index < -0.39 is 12.0 Å². The van der Waals surface area contributed by atoms with Gasteiger partial charge in [-0.05, 0) is 30.0 Å². The van der Waals surface area contributed by atoms with Crippen molar-refractivity contribution in [3.05, 3.63) is 23.8 Å². The Morgan fingerprint density at radius 3 is 2.57 bits per heavy atom. The number of nitrogens with one attached hydrogen (secondary N) is 1. The molecule has 1 rings (SSSR count). The highest BCUT2D eigenvalue weighted by Crippen LogP contribution is 2.28. The van der Waals surface area contributed by atoms with Crippen LogP contribution in [0.2, 0.25) is 0 Å². The molecule has 0 radical (unpaired) electrons. The van der Waals surface area contributed by atoms with Crippen LogP contribution in [0.4, 0.5) is 0 Å². The van der Waals surface area contributed by atoms with Gasteiger partial charge in [-0.1, -0.05) is 26.8 Å². The van der Waals surface area contributed by atoms with Crippen molar-refractivity contribution < 1.29 is 19.4 Å². The molecule has 0 bridgehead atoms. The summed E-state index contributed by atoms with van der Waals surface area (Å²) in [7, 11) is 1.60. The van der Waals surface area contributed by atoms with Crippen LogP contribution in [0.25, 0.3) is 0 Å². The molecule has 0 aromatic heterocycles. The fraction of sp³-hybridized carbons (Fsp3) is 0.562. The van der Waals surface area contributed by atoms with E-state index in [0.29, 0.717) is 24.7 Å². The monoisotopic (exact) mass is 295 g/mol.